The Morgan fingerprint density at radius 3 is 2.50 bits per heavy atom. The van der Waals surface area contributed by atoms with Gasteiger partial charge in [0.15, 0.2) is 11.6 Å². The second kappa shape index (κ2) is 12.3. The first-order valence-corrected chi connectivity index (χ1v) is 17.3. The minimum absolute atomic E-state index is 0.0127. The summed E-state index contributed by atoms with van der Waals surface area (Å²) in [7, 11) is 0. The van der Waals surface area contributed by atoms with Gasteiger partial charge in [-0.15, -0.1) is 0 Å². The molecule has 1 aromatic heterocycles. The SMILES string of the molecule is CCN(C(=O)c1cc(F)ccc1Oc1cncnc1N1CC2(CCN(CC3CCC4(CC3)CN(C3CC3)C(=O)N4)CC2)C1)C(C)C. The van der Waals surface area contributed by atoms with E-state index in [0.717, 1.165) is 65.0 Å². The Bertz CT molecular complexity index is 1440. The van der Waals surface area contributed by atoms with Gasteiger partial charge in [-0.1, -0.05) is 0 Å². The fraction of sp³-hybridized carbons (Fsp3) is 0.657. The standard InChI is InChI=1S/C35H48FN7O3/c1-4-42(24(2)3)32(44)28-17-26(36)5-8-29(28)46-30-18-37-23-38-31(30)41-20-34(21-41)13-15-40(16-14-34)19-25-9-11-35(12-10-25)22-43(27-6-7-27)33(45)39-35/h5,8,17-18,23-25,27H,4,6-7,9-16,19-22H2,1-3H3,(H,39,45). The zero-order valence-electron chi connectivity index (χ0n) is 27.5. The van der Waals surface area contributed by atoms with Gasteiger partial charge in [-0.2, -0.15) is 0 Å². The maximum absolute atomic E-state index is 14.3. The molecule has 1 aromatic carbocycles. The van der Waals surface area contributed by atoms with Crippen molar-refractivity contribution in [1.82, 2.24) is 30.0 Å². The number of amides is 3. The molecule has 3 aliphatic heterocycles. The lowest BCUT2D eigenvalue weighted by molar-refractivity contribution is 0.0583. The minimum atomic E-state index is -0.481. The molecule has 46 heavy (non-hydrogen) atoms. The van der Waals surface area contributed by atoms with Crippen molar-refractivity contribution in [3.05, 3.63) is 42.1 Å². The topological polar surface area (TPSA) is 94.1 Å². The molecule has 2 saturated carbocycles. The highest BCUT2D eigenvalue weighted by Crippen LogP contribution is 2.46. The molecule has 0 atom stereocenters. The van der Waals surface area contributed by atoms with E-state index in [1.54, 1.807) is 11.1 Å². The third-order valence-electron chi connectivity index (χ3n) is 11.2. The molecule has 2 spiro atoms. The van der Waals surface area contributed by atoms with Gasteiger partial charge in [-0.25, -0.2) is 19.2 Å². The van der Waals surface area contributed by atoms with Crippen molar-refractivity contribution in [2.45, 2.75) is 89.8 Å². The third-order valence-corrected chi connectivity index (χ3v) is 11.2. The summed E-state index contributed by atoms with van der Waals surface area (Å²) in [5, 5.41) is 3.37. The number of hydrogen-bond acceptors (Lipinski definition) is 7. The van der Waals surface area contributed by atoms with Gasteiger partial charge in [-0.05, 0) is 109 Å². The van der Waals surface area contributed by atoms with E-state index in [9.17, 15) is 14.0 Å². The Kier molecular flexibility index (Phi) is 8.32. The van der Waals surface area contributed by atoms with E-state index in [2.05, 4.69) is 30.0 Å². The predicted molar refractivity (Wildman–Crippen MR) is 174 cm³/mol. The molecule has 248 valence electrons. The summed E-state index contributed by atoms with van der Waals surface area (Å²) in [5.74, 6) is 1.44. The molecular weight excluding hydrogens is 585 g/mol. The van der Waals surface area contributed by atoms with Crippen LogP contribution in [0.4, 0.5) is 15.0 Å². The minimum Gasteiger partial charge on any atom is -0.451 e. The maximum atomic E-state index is 14.3. The van der Waals surface area contributed by atoms with Crippen LogP contribution in [0.5, 0.6) is 11.5 Å². The first kappa shape index (κ1) is 31.1. The van der Waals surface area contributed by atoms with Gasteiger partial charge in [0, 0.05) is 50.2 Å². The molecule has 1 N–H and O–H groups in total. The number of anilines is 1. The Morgan fingerprint density at radius 1 is 1.09 bits per heavy atom. The molecule has 7 rings (SSSR count). The van der Waals surface area contributed by atoms with Crippen LogP contribution in [0.15, 0.2) is 30.7 Å². The van der Waals surface area contributed by atoms with Gasteiger partial charge >= 0.3 is 6.03 Å². The molecule has 2 aliphatic carbocycles. The summed E-state index contributed by atoms with van der Waals surface area (Å²) >= 11 is 0. The van der Waals surface area contributed by atoms with E-state index >= 15 is 0 Å². The highest BCUT2D eigenvalue weighted by atomic mass is 19.1. The van der Waals surface area contributed by atoms with Gasteiger partial charge in [-0.3, -0.25) is 4.79 Å². The number of likely N-dealkylation sites (tertiary alicyclic amines) is 1. The molecule has 10 nitrogen and oxygen atoms in total. The zero-order chi connectivity index (χ0) is 32.1. The molecule has 2 aromatic rings. The van der Waals surface area contributed by atoms with Crippen LogP contribution in [0.3, 0.4) is 0 Å². The molecule has 3 amide bonds. The van der Waals surface area contributed by atoms with Crippen LogP contribution in [0.1, 0.15) is 82.5 Å². The molecule has 0 unspecified atom stereocenters. The summed E-state index contributed by atoms with van der Waals surface area (Å²) in [5.41, 5.74) is 0.476. The quantitative estimate of drug-likeness (QED) is 0.401. The Morgan fingerprint density at radius 2 is 1.83 bits per heavy atom. The van der Waals surface area contributed by atoms with E-state index in [1.165, 1.54) is 50.2 Å². The van der Waals surface area contributed by atoms with Crippen LogP contribution in [0.25, 0.3) is 0 Å². The normalized spacial score (nSPS) is 26.0. The fourth-order valence-electron chi connectivity index (χ4n) is 8.31. The van der Waals surface area contributed by atoms with E-state index in [4.69, 9.17) is 4.74 Å². The second-order valence-corrected chi connectivity index (χ2v) is 14.8. The fourth-order valence-corrected chi connectivity index (χ4v) is 8.31. The Labute approximate surface area is 271 Å². The summed E-state index contributed by atoms with van der Waals surface area (Å²) in [4.78, 5) is 43.3. The van der Waals surface area contributed by atoms with Crippen LogP contribution < -0.4 is 15.0 Å². The monoisotopic (exact) mass is 633 g/mol. The van der Waals surface area contributed by atoms with Crippen molar-refractivity contribution in [2.24, 2.45) is 11.3 Å². The number of piperidine rings is 1. The van der Waals surface area contributed by atoms with E-state index in [0.29, 0.717) is 35.8 Å². The average molecular weight is 634 g/mol. The summed E-state index contributed by atoms with van der Waals surface area (Å²) in [6, 6.07) is 4.71. The highest BCUT2D eigenvalue weighted by molar-refractivity contribution is 5.97. The number of aromatic nitrogens is 2. The summed E-state index contributed by atoms with van der Waals surface area (Å²) in [6.45, 7) is 12.4. The number of nitrogens with one attached hydrogen (secondary N) is 1. The predicted octanol–water partition coefficient (Wildman–Crippen LogP) is 5.30. The van der Waals surface area contributed by atoms with Gasteiger partial charge < -0.3 is 29.7 Å². The van der Waals surface area contributed by atoms with E-state index < -0.39 is 5.82 Å². The van der Waals surface area contributed by atoms with E-state index in [1.807, 2.05) is 20.8 Å². The lowest BCUT2D eigenvalue weighted by Gasteiger charge is -2.55. The van der Waals surface area contributed by atoms with Gasteiger partial charge in [0.25, 0.3) is 5.91 Å². The smallest absolute Gasteiger partial charge is 0.318 e. The van der Waals surface area contributed by atoms with Crippen molar-refractivity contribution >= 4 is 17.8 Å². The number of nitrogens with zero attached hydrogens (tertiary/aromatic N) is 6. The number of urea groups is 1. The number of hydrogen-bond donors (Lipinski definition) is 1. The largest absolute Gasteiger partial charge is 0.451 e. The van der Waals surface area contributed by atoms with Crippen molar-refractivity contribution in [3.8, 4) is 11.5 Å². The first-order valence-electron chi connectivity index (χ1n) is 17.3. The molecule has 5 aliphatic rings. The van der Waals surface area contributed by atoms with Gasteiger partial charge in [0.1, 0.15) is 17.9 Å². The molecule has 11 heteroatoms. The maximum Gasteiger partial charge on any atom is 0.318 e. The number of carbonyl (C=O) groups is 2. The van der Waals surface area contributed by atoms with Crippen LogP contribution in [0, 0.1) is 17.2 Å². The molecule has 0 bridgehead atoms. The van der Waals surface area contributed by atoms with Crippen LogP contribution >= 0.6 is 0 Å². The van der Waals surface area contributed by atoms with Crippen molar-refractivity contribution in [2.75, 3.05) is 50.7 Å². The van der Waals surface area contributed by atoms with Gasteiger partial charge in [0.05, 0.1) is 17.3 Å². The zero-order valence-corrected chi connectivity index (χ0v) is 27.5. The summed E-state index contributed by atoms with van der Waals surface area (Å²) in [6.07, 6.45) is 12.4. The first-order chi connectivity index (χ1) is 22.2. The molecule has 5 fully saturated rings. The average Bonchev–Trinajstić information content (AvgIpc) is 3.82. The highest BCUT2D eigenvalue weighted by Gasteiger charge is 2.49. The Hall–Kier alpha value is -3.47. The van der Waals surface area contributed by atoms with Gasteiger partial charge in [0.2, 0.25) is 0 Å². The molecular formula is C35H48FN7O3. The van der Waals surface area contributed by atoms with Crippen molar-refractivity contribution in [1.29, 1.82) is 0 Å². The Balaban J connectivity index is 0.927. The lowest BCUT2D eigenvalue weighted by atomic mass is 9.71. The second-order valence-electron chi connectivity index (χ2n) is 14.8. The number of rotatable bonds is 9. The number of halogens is 1. The third kappa shape index (κ3) is 6.14. The molecule has 4 heterocycles. The molecule has 0 radical (unpaired) electrons. The number of ether oxygens (including phenoxy) is 1. The van der Waals surface area contributed by atoms with Crippen LogP contribution in [0.2, 0.25) is 0 Å². The number of carbonyl (C=O) groups excluding carboxylic acids is 2. The van der Waals surface area contributed by atoms with Crippen molar-refractivity contribution in [3.63, 3.8) is 0 Å². The van der Waals surface area contributed by atoms with Crippen LogP contribution in [-0.2, 0) is 0 Å². The molecule has 3 saturated heterocycles. The van der Waals surface area contributed by atoms with Crippen LogP contribution in [-0.4, -0.2) is 100 Å². The number of benzene rings is 1. The lowest BCUT2D eigenvalue weighted by Crippen LogP contribution is -2.61. The summed E-state index contributed by atoms with van der Waals surface area (Å²) < 4.78 is 20.6. The van der Waals surface area contributed by atoms with E-state index in [-0.39, 0.29) is 34.5 Å². The van der Waals surface area contributed by atoms with Crippen molar-refractivity contribution < 1.29 is 18.7 Å².